The van der Waals surface area contributed by atoms with Gasteiger partial charge in [0.05, 0.1) is 0 Å². The Morgan fingerprint density at radius 2 is 1.96 bits per heavy atom. The summed E-state index contributed by atoms with van der Waals surface area (Å²) in [6, 6.07) is 0. The van der Waals surface area contributed by atoms with Crippen LogP contribution >= 0.6 is 0 Å². The fourth-order valence-corrected chi connectivity index (χ4v) is 7.54. The lowest BCUT2D eigenvalue weighted by atomic mass is 9.46. The number of fused-ring (bicyclic) bond motifs is 6. The number of alkyl halides is 1. The van der Waals surface area contributed by atoms with Crippen LogP contribution in [-0.2, 0) is 14.3 Å². The number of hydrogen-bond donors (Lipinski definition) is 0. The van der Waals surface area contributed by atoms with Crippen LogP contribution < -0.4 is 0 Å². The maximum atomic E-state index is 14.2. The molecule has 5 aliphatic carbocycles. The first-order chi connectivity index (χ1) is 11.3. The molecule has 4 heteroatoms. The quantitative estimate of drug-likeness (QED) is 0.507. The van der Waals surface area contributed by atoms with Gasteiger partial charge in [-0.05, 0) is 49.4 Å². The van der Waals surface area contributed by atoms with Crippen molar-refractivity contribution < 1.29 is 18.7 Å². The summed E-state index contributed by atoms with van der Waals surface area (Å²) in [7, 11) is 0. The van der Waals surface area contributed by atoms with Crippen LogP contribution in [0, 0.1) is 40.4 Å². The highest BCUT2D eigenvalue weighted by Crippen LogP contribution is 2.76. The summed E-state index contributed by atoms with van der Waals surface area (Å²) in [6.07, 6.45) is 5.91. The zero-order valence-corrected chi connectivity index (χ0v) is 14.1. The van der Waals surface area contributed by atoms with E-state index in [9.17, 15) is 14.0 Å². The first kappa shape index (κ1) is 14.2. The molecule has 0 amide bonds. The van der Waals surface area contributed by atoms with Gasteiger partial charge in [-0.3, -0.25) is 9.59 Å². The normalized spacial score (nSPS) is 65.4. The van der Waals surface area contributed by atoms with Crippen LogP contribution in [0.15, 0.2) is 12.2 Å². The van der Waals surface area contributed by atoms with Gasteiger partial charge in [-0.2, -0.15) is 0 Å². The maximum absolute atomic E-state index is 14.2. The molecule has 0 aromatic rings. The molecule has 1 aliphatic heterocycles. The average Bonchev–Trinajstić information content (AvgIpc) is 3.44. The zero-order valence-electron chi connectivity index (χ0n) is 14.1. The number of ketones is 2. The maximum Gasteiger partial charge on any atom is 0.173 e. The third kappa shape index (κ3) is 1.21. The summed E-state index contributed by atoms with van der Waals surface area (Å²) in [5.41, 5.74) is -0.911. The lowest BCUT2D eigenvalue weighted by Gasteiger charge is -2.56. The Morgan fingerprint density at radius 1 is 1.17 bits per heavy atom. The van der Waals surface area contributed by atoms with Gasteiger partial charge < -0.3 is 4.74 Å². The van der Waals surface area contributed by atoms with Gasteiger partial charge in [0.1, 0.15) is 5.60 Å². The van der Waals surface area contributed by atoms with Crippen molar-refractivity contribution in [3.8, 4) is 0 Å². The highest BCUT2D eigenvalue weighted by atomic mass is 19.1. The van der Waals surface area contributed by atoms with Gasteiger partial charge in [0.2, 0.25) is 0 Å². The fraction of sp³-hybridized carbons (Fsp3) is 0.800. The first-order valence-corrected chi connectivity index (χ1v) is 9.44. The van der Waals surface area contributed by atoms with Gasteiger partial charge in [0.25, 0.3) is 0 Å². The Labute approximate surface area is 141 Å². The molecule has 0 bridgehead atoms. The van der Waals surface area contributed by atoms with Crippen molar-refractivity contribution in [3.63, 3.8) is 0 Å². The topological polar surface area (TPSA) is 46.7 Å². The van der Waals surface area contributed by atoms with Crippen LogP contribution in [0.3, 0.4) is 0 Å². The number of carbonyl (C=O) groups excluding carboxylic acids is 2. The van der Waals surface area contributed by atoms with Crippen molar-refractivity contribution >= 4 is 11.6 Å². The number of allylic oxidation sites excluding steroid dienone is 1. The van der Waals surface area contributed by atoms with Crippen molar-refractivity contribution in [2.75, 3.05) is 0 Å². The van der Waals surface area contributed by atoms with Crippen LogP contribution in [0.2, 0.25) is 0 Å². The number of halogens is 1. The molecule has 0 aromatic heterocycles. The molecule has 10 atom stereocenters. The molecule has 24 heavy (non-hydrogen) atoms. The molecular formula is C20H23FO3. The van der Waals surface area contributed by atoms with Crippen molar-refractivity contribution in [1.82, 2.24) is 0 Å². The molecule has 1 spiro atoms. The monoisotopic (exact) mass is 330 g/mol. The van der Waals surface area contributed by atoms with E-state index in [0.29, 0.717) is 24.0 Å². The van der Waals surface area contributed by atoms with Crippen LogP contribution in [0.5, 0.6) is 0 Å². The van der Waals surface area contributed by atoms with Gasteiger partial charge in [-0.1, -0.05) is 26.0 Å². The summed E-state index contributed by atoms with van der Waals surface area (Å²) in [6.45, 7) is 4.30. The van der Waals surface area contributed by atoms with Crippen LogP contribution in [-0.4, -0.2) is 29.4 Å². The second-order valence-corrected chi connectivity index (χ2v) is 9.60. The largest absolute Gasteiger partial charge is 0.353 e. The van der Waals surface area contributed by atoms with Crippen LogP contribution in [0.4, 0.5) is 4.39 Å². The van der Waals surface area contributed by atoms with E-state index in [2.05, 4.69) is 19.1 Å². The highest BCUT2D eigenvalue weighted by molar-refractivity contribution is 5.94. The second kappa shape index (κ2) is 3.72. The van der Waals surface area contributed by atoms with E-state index in [4.69, 9.17) is 4.74 Å². The molecule has 1 saturated heterocycles. The minimum Gasteiger partial charge on any atom is -0.353 e. The van der Waals surface area contributed by atoms with Crippen molar-refractivity contribution in [3.05, 3.63) is 12.2 Å². The Balaban J connectivity index is 1.47. The molecule has 5 fully saturated rings. The predicted octanol–water partition coefficient (Wildman–Crippen LogP) is 2.88. The highest BCUT2D eigenvalue weighted by Gasteiger charge is 2.83. The summed E-state index contributed by atoms with van der Waals surface area (Å²) < 4.78 is 20.3. The van der Waals surface area contributed by atoms with Crippen LogP contribution in [0.25, 0.3) is 0 Å². The molecule has 0 radical (unpaired) electrons. The van der Waals surface area contributed by atoms with E-state index in [0.717, 1.165) is 19.3 Å². The Morgan fingerprint density at radius 3 is 2.75 bits per heavy atom. The third-order valence-electron chi connectivity index (χ3n) is 9.04. The van der Waals surface area contributed by atoms with Gasteiger partial charge in [0, 0.05) is 16.7 Å². The number of carbonyl (C=O) groups is 2. The van der Waals surface area contributed by atoms with Crippen LogP contribution in [0.1, 0.15) is 39.5 Å². The van der Waals surface area contributed by atoms with E-state index in [-0.39, 0.29) is 35.1 Å². The van der Waals surface area contributed by atoms with Crippen molar-refractivity contribution in [2.24, 2.45) is 40.4 Å². The molecule has 0 N–H and O–H groups in total. The van der Waals surface area contributed by atoms with E-state index >= 15 is 0 Å². The minimum absolute atomic E-state index is 0.0194. The number of epoxide rings is 1. The number of rotatable bonds is 0. The number of ether oxygens (including phenoxy) is 1. The summed E-state index contributed by atoms with van der Waals surface area (Å²) >= 11 is 0. The van der Waals surface area contributed by atoms with E-state index < -0.39 is 17.2 Å². The number of Topliss-reactive ketones (excluding diaryl/α,β-unsaturated/α-hetero) is 2. The van der Waals surface area contributed by atoms with Crippen molar-refractivity contribution in [2.45, 2.75) is 57.4 Å². The predicted molar refractivity (Wildman–Crippen MR) is 83.8 cm³/mol. The third-order valence-corrected chi connectivity index (χ3v) is 9.04. The van der Waals surface area contributed by atoms with E-state index in [1.165, 1.54) is 0 Å². The SMILES string of the molecule is C[C@]12CC[C@H]3[C@@H](C=CC45OC4C(=O)[C@H]4CC4[C@]35C)[C@@H]1C[C@@H](F)C2=O. The summed E-state index contributed by atoms with van der Waals surface area (Å²) in [5, 5.41) is 0. The minimum atomic E-state index is -1.29. The van der Waals surface area contributed by atoms with Crippen molar-refractivity contribution in [1.29, 1.82) is 0 Å². The molecule has 3 nitrogen and oxygen atoms in total. The second-order valence-electron chi connectivity index (χ2n) is 9.60. The number of hydrogen-bond acceptors (Lipinski definition) is 3. The van der Waals surface area contributed by atoms with Gasteiger partial charge in [-0.15, -0.1) is 0 Å². The first-order valence-electron chi connectivity index (χ1n) is 9.44. The Bertz CT molecular complexity index is 730. The lowest BCUT2D eigenvalue weighted by molar-refractivity contribution is -0.135. The fourth-order valence-electron chi connectivity index (χ4n) is 7.54. The lowest BCUT2D eigenvalue weighted by Crippen LogP contribution is -2.57. The zero-order chi connectivity index (χ0) is 16.6. The van der Waals surface area contributed by atoms with Gasteiger partial charge in [0.15, 0.2) is 23.8 Å². The molecule has 6 aliphatic rings. The average molecular weight is 330 g/mol. The molecular weight excluding hydrogens is 307 g/mol. The molecule has 3 unspecified atom stereocenters. The standard InChI is InChI=1S/C20H23FO3/c1-18-5-4-11-9(12(18)8-14(21)16(18)23)3-6-20-17(24-20)15(22)10-7-13(10)19(11,20)2/h3,6,9-14,17H,4-5,7-8H2,1-2H3/t9-,10+,11+,12+,13?,14-,17?,18+,19+,20?/m1/s1. The van der Waals surface area contributed by atoms with Gasteiger partial charge >= 0.3 is 0 Å². The summed E-state index contributed by atoms with van der Waals surface area (Å²) in [4.78, 5) is 24.8. The van der Waals surface area contributed by atoms with E-state index in [1.54, 1.807) is 0 Å². The summed E-state index contributed by atoms with van der Waals surface area (Å²) in [5.74, 6) is 1.51. The molecule has 6 rings (SSSR count). The molecule has 128 valence electrons. The Hall–Kier alpha value is -1.03. The molecule has 0 aromatic carbocycles. The Kier molecular flexibility index (Phi) is 2.20. The van der Waals surface area contributed by atoms with E-state index in [1.807, 2.05) is 6.92 Å². The smallest absolute Gasteiger partial charge is 0.173 e. The van der Waals surface area contributed by atoms with Gasteiger partial charge in [-0.25, -0.2) is 4.39 Å². The molecule has 1 heterocycles. The molecule has 4 saturated carbocycles.